The van der Waals surface area contributed by atoms with Crippen molar-refractivity contribution in [2.45, 2.75) is 18.9 Å². The number of anilines is 1. The van der Waals surface area contributed by atoms with E-state index in [0.717, 1.165) is 37.0 Å². The summed E-state index contributed by atoms with van der Waals surface area (Å²) in [6.07, 6.45) is 1.49. The van der Waals surface area contributed by atoms with Crippen LogP contribution in [0, 0.1) is 11.6 Å². The van der Waals surface area contributed by atoms with E-state index in [4.69, 9.17) is 4.74 Å². The van der Waals surface area contributed by atoms with Crippen molar-refractivity contribution >= 4 is 35.6 Å². The summed E-state index contributed by atoms with van der Waals surface area (Å²) >= 11 is 0. The van der Waals surface area contributed by atoms with Crippen molar-refractivity contribution in [3.8, 4) is 5.75 Å². The quantitative estimate of drug-likeness (QED) is 0.350. The molecule has 0 aromatic heterocycles. The van der Waals surface area contributed by atoms with Crippen LogP contribution in [-0.2, 0) is 6.42 Å². The molecule has 1 aliphatic rings. The highest BCUT2D eigenvalue weighted by molar-refractivity contribution is 14.0. The first-order chi connectivity index (χ1) is 13.6. The molecule has 1 saturated heterocycles. The molecule has 1 aliphatic heterocycles. The third-order valence-corrected chi connectivity index (χ3v) is 4.81. The van der Waals surface area contributed by atoms with Gasteiger partial charge in [0.15, 0.2) is 5.96 Å². The highest BCUT2D eigenvalue weighted by Crippen LogP contribution is 2.30. The fraction of sp³-hybridized carbons (Fsp3) is 0.381. The van der Waals surface area contributed by atoms with E-state index in [1.165, 1.54) is 12.1 Å². The van der Waals surface area contributed by atoms with Gasteiger partial charge in [0.1, 0.15) is 17.4 Å². The average Bonchev–Trinajstić information content (AvgIpc) is 3.14. The van der Waals surface area contributed by atoms with Crippen molar-refractivity contribution in [2.75, 3.05) is 38.7 Å². The van der Waals surface area contributed by atoms with Gasteiger partial charge in [-0.1, -0.05) is 12.1 Å². The average molecular weight is 516 g/mol. The molecule has 29 heavy (non-hydrogen) atoms. The number of nitrogens with zero attached hydrogens (tertiary/aromatic N) is 2. The number of para-hydroxylation sites is 2. The van der Waals surface area contributed by atoms with Gasteiger partial charge in [0, 0.05) is 38.8 Å². The zero-order chi connectivity index (χ0) is 19.9. The van der Waals surface area contributed by atoms with Crippen LogP contribution in [0.2, 0.25) is 0 Å². The number of aliphatic imine (C=N–C) groups is 1. The Hall–Kier alpha value is -2.10. The lowest BCUT2D eigenvalue weighted by molar-refractivity contribution is 0.415. The smallest absolute Gasteiger partial charge is 0.191 e. The van der Waals surface area contributed by atoms with Crippen molar-refractivity contribution < 1.29 is 13.5 Å². The van der Waals surface area contributed by atoms with E-state index in [0.29, 0.717) is 24.5 Å². The van der Waals surface area contributed by atoms with Crippen LogP contribution in [0.5, 0.6) is 5.75 Å². The Labute approximate surface area is 187 Å². The first-order valence-corrected chi connectivity index (χ1v) is 9.39. The Morgan fingerprint density at radius 2 is 1.93 bits per heavy atom. The standard InChI is InChI=1S/C21H26F2N4O.HI/c1-24-21(25-9-7-15-11-16(22)13-17(23)12-15)26-18-8-10-27(14-18)19-5-3-4-6-20(19)28-2;/h3-6,11-13,18H,7-10,14H2,1-2H3,(H2,24,25,26);1H. The predicted octanol–water partition coefficient (Wildman–Crippen LogP) is 3.58. The summed E-state index contributed by atoms with van der Waals surface area (Å²) in [4.78, 5) is 6.54. The Balaban J connectivity index is 0.00000300. The van der Waals surface area contributed by atoms with E-state index in [9.17, 15) is 8.78 Å². The van der Waals surface area contributed by atoms with E-state index >= 15 is 0 Å². The minimum absolute atomic E-state index is 0. The maximum absolute atomic E-state index is 13.3. The van der Waals surface area contributed by atoms with Gasteiger partial charge in [-0.05, 0) is 42.7 Å². The summed E-state index contributed by atoms with van der Waals surface area (Å²) in [7, 11) is 3.39. The number of hydrogen-bond donors (Lipinski definition) is 2. The Morgan fingerprint density at radius 3 is 2.62 bits per heavy atom. The normalized spacial score (nSPS) is 16.3. The number of ether oxygens (including phenoxy) is 1. The van der Waals surface area contributed by atoms with E-state index in [2.05, 4.69) is 26.6 Å². The molecule has 0 spiro atoms. The van der Waals surface area contributed by atoms with Gasteiger partial charge in [0.2, 0.25) is 0 Å². The van der Waals surface area contributed by atoms with Gasteiger partial charge in [-0.3, -0.25) is 4.99 Å². The van der Waals surface area contributed by atoms with Crippen molar-refractivity contribution in [2.24, 2.45) is 4.99 Å². The second-order valence-corrected chi connectivity index (χ2v) is 6.77. The maximum atomic E-state index is 13.3. The van der Waals surface area contributed by atoms with Crippen LogP contribution >= 0.6 is 24.0 Å². The molecular formula is C21H27F2IN4O. The number of benzene rings is 2. The van der Waals surface area contributed by atoms with E-state index in [1.807, 2.05) is 18.2 Å². The number of methoxy groups -OCH3 is 1. The fourth-order valence-electron chi connectivity index (χ4n) is 3.46. The summed E-state index contributed by atoms with van der Waals surface area (Å²) in [6, 6.07) is 11.8. The van der Waals surface area contributed by atoms with Gasteiger partial charge in [-0.25, -0.2) is 8.78 Å². The molecule has 2 aromatic rings. The molecule has 0 radical (unpaired) electrons. The van der Waals surface area contributed by atoms with E-state index in [-0.39, 0.29) is 30.0 Å². The zero-order valence-electron chi connectivity index (χ0n) is 16.6. The largest absolute Gasteiger partial charge is 0.495 e. The SMILES string of the molecule is CN=C(NCCc1cc(F)cc(F)c1)NC1CCN(c2ccccc2OC)C1.I. The van der Waals surface area contributed by atoms with Crippen molar-refractivity contribution in [1.29, 1.82) is 0 Å². The summed E-state index contributed by atoms with van der Waals surface area (Å²) in [5.41, 5.74) is 1.70. The van der Waals surface area contributed by atoms with Crippen LogP contribution in [0.3, 0.4) is 0 Å². The minimum Gasteiger partial charge on any atom is -0.495 e. The first-order valence-electron chi connectivity index (χ1n) is 9.39. The summed E-state index contributed by atoms with van der Waals surface area (Å²) < 4.78 is 32.0. The van der Waals surface area contributed by atoms with Gasteiger partial charge in [0.25, 0.3) is 0 Å². The minimum atomic E-state index is -0.556. The molecule has 2 aromatic carbocycles. The number of halogens is 3. The molecular weight excluding hydrogens is 489 g/mol. The Kier molecular flexibility index (Phi) is 8.94. The molecule has 3 rings (SSSR count). The topological polar surface area (TPSA) is 48.9 Å². The molecule has 1 unspecified atom stereocenters. The molecule has 1 atom stereocenters. The van der Waals surface area contributed by atoms with Gasteiger partial charge in [-0.2, -0.15) is 0 Å². The van der Waals surface area contributed by atoms with Crippen molar-refractivity contribution in [3.63, 3.8) is 0 Å². The van der Waals surface area contributed by atoms with Crippen LogP contribution < -0.4 is 20.3 Å². The number of nitrogens with one attached hydrogen (secondary N) is 2. The van der Waals surface area contributed by atoms with Crippen LogP contribution in [0.1, 0.15) is 12.0 Å². The van der Waals surface area contributed by atoms with Gasteiger partial charge < -0.3 is 20.3 Å². The lowest BCUT2D eigenvalue weighted by atomic mass is 10.1. The third-order valence-electron chi connectivity index (χ3n) is 4.81. The van der Waals surface area contributed by atoms with Gasteiger partial charge in [-0.15, -0.1) is 24.0 Å². The van der Waals surface area contributed by atoms with Gasteiger partial charge >= 0.3 is 0 Å². The molecule has 158 valence electrons. The number of guanidine groups is 1. The monoisotopic (exact) mass is 516 g/mol. The highest BCUT2D eigenvalue weighted by atomic mass is 127. The number of rotatable bonds is 6. The zero-order valence-corrected chi connectivity index (χ0v) is 19.0. The summed E-state index contributed by atoms with van der Waals surface area (Å²) in [5.74, 6) is 0.441. The van der Waals surface area contributed by atoms with E-state index < -0.39 is 11.6 Å². The molecule has 0 saturated carbocycles. The molecule has 1 fully saturated rings. The van der Waals surface area contributed by atoms with E-state index in [1.54, 1.807) is 14.2 Å². The van der Waals surface area contributed by atoms with Gasteiger partial charge in [0.05, 0.1) is 12.8 Å². The van der Waals surface area contributed by atoms with Crippen LogP contribution in [0.4, 0.5) is 14.5 Å². The molecule has 5 nitrogen and oxygen atoms in total. The molecule has 0 aliphatic carbocycles. The van der Waals surface area contributed by atoms with Crippen molar-refractivity contribution in [3.05, 3.63) is 59.7 Å². The first kappa shape index (κ1) is 23.2. The third kappa shape index (κ3) is 6.45. The highest BCUT2D eigenvalue weighted by Gasteiger charge is 2.25. The number of hydrogen-bond acceptors (Lipinski definition) is 3. The van der Waals surface area contributed by atoms with Crippen LogP contribution in [0.25, 0.3) is 0 Å². The van der Waals surface area contributed by atoms with Crippen LogP contribution in [-0.4, -0.2) is 45.8 Å². The molecule has 8 heteroatoms. The maximum Gasteiger partial charge on any atom is 0.191 e. The Morgan fingerprint density at radius 1 is 1.21 bits per heavy atom. The lowest BCUT2D eigenvalue weighted by Crippen LogP contribution is -2.45. The van der Waals surface area contributed by atoms with Crippen molar-refractivity contribution in [1.82, 2.24) is 10.6 Å². The predicted molar refractivity (Wildman–Crippen MR) is 124 cm³/mol. The fourth-order valence-corrected chi connectivity index (χ4v) is 3.46. The second-order valence-electron chi connectivity index (χ2n) is 6.77. The molecule has 2 N–H and O–H groups in total. The molecule has 0 amide bonds. The summed E-state index contributed by atoms with van der Waals surface area (Å²) in [6.45, 7) is 2.30. The Bertz CT molecular complexity index is 814. The molecule has 0 bridgehead atoms. The lowest BCUT2D eigenvalue weighted by Gasteiger charge is -2.22. The molecule has 1 heterocycles. The second kappa shape index (κ2) is 11.2. The summed E-state index contributed by atoms with van der Waals surface area (Å²) in [5, 5.41) is 6.63. The van der Waals surface area contributed by atoms with Crippen LogP contribution in [0.15, 0.2) is 47.5 Å².